The van der Waals surface area contributed by atoms with Crippen LogP contribution in [0.3, 0.4) is 0 Å². The minimum Gasteiger partial charge on any atom is -0.380 e. The highest BCUT2D eigenvalue weighted by molar-refractivity contribution is 9.10. The first-order chi connectivity index (χ1) is 13.3. The molecular weight excluding hydrogens is 466 g/mol. The average molecular weight is 484 g/mol. The molecule has 1 aromatic heterocycles. The molecule has 0 atom stereocenters. The number of carbonyl (C=O) groups is 1. The smallest absolute Gasteiger partial charge is 0.280 e. The summed E-state index contributed by atoms with van der Waals surface area (Å²) < 4.78 is 31.9. The van der Waals surface area contributed by atoms with Gasteiger partial charge in [0.05, 0.1) is 27.3 Å². The first-order valence-electron chi connectivity index (χ1n) is 8.39. The number of amides is 1. The molecule has 3 rings (SSSR count). The summed E-state index contributed by atoms with van der Waals surface area (Å²) in [5.74, 6) is -0.393. The van der Waals surface area contributed by atoms with Gasteiger partial charge in [-0.2, -0.15) is 4.99 Å². The second-order valence-electron chi connectivity index (χ2n) is 5.80. The van der Waals surface area contributed by atoms with Crippen LogP contribution in [0.25, 0.3) is 10.2 Å². The maximum absolute atomic E-state index is 12.7. The van der Waals surface area contributed by atoms with E-state index >= 15 is 0 Å². The van der Waals surface area contributed by atoms with Crippen LogP contribution in [-0.2, 0) is 21.3 Å². The number of thiazole rings is 1. The zero-order chi connectivity index (χ0) is 20.3. The highest BCUT2D eigenvalue weighted by atomic mass is 79.9. The van der Waals surface area contributed by atoms with Crippen LogP contribution < -0.4 is 9.94 Å². The molecule has 148 valence electrons. The van der Waals surface area contributed by atoms with E-state index in [0.717, 1.165) is 5.52 Å². The summed E-state index contributed by atoms with van der Waals surface area (Å²) in [5, 5.41) is 5.23. The highest BCUT2D eigenvalue weighted by Gasteiger charge is 2.14. The van der Waals surface area contributed by atoms with Gasteiger partial charge in [0.15, 0.2) is 4.80 Å². The van der Waals surface area contributed by atoms with Crippen LogP contribution in [0.15, 0.2) is 56.8 Å². The zero-order valence-corrected chi connectivity index (χ0v) is 18.2. The largest absolute Gasteiger partial charge is 0.380 e. The number of sulfonamides is 1. The van der Waals surface area contributed by atoms with Crippen molar-refractivity contribution in [1.82, 2.24) is 4.57 Å². The Morgan fingerprint density at radius 1 is 1.29 bits per heavy atom. The monoisotopic (exact) mass is 483 g/mol. The number of benzene rings is 2. The van der Waals surface area contributed by atoms with Gasteiger partial charge in [-0.25, -0.2) is 13.6 Å². The number of halogens is 1. The minimum atomic E-state index is -3.82. The van der Waals surface area contributed by atoms with Crippen molar-refractivity contribution in [2.75, 3.05) is 13.2 Å². The van der Waals surface area contributed by atoms with Crippen molar-refractivity contribution in [3.8, 4) is 0 Å². The van der Waals surface area contributed by atoms with Crippen molar-refractivity contribution in [3.63, 3.8) is 0 Å². The lowest BCUT2D eigenvalue weighted by Crippen LogP contribution is -2.20. The molecule has 0 spiro atoms. The summed E-state index contributed by atoms with van der Waals surface area (Å²) in [4.78, 5) is 17.4. The third-order valence-electron chi connectivity index (χ3n) is 3.95. The Labute approximate surface area is 174 Å². The number of hydrogen-bond donors (Lipinski definition) is 1. The van der Waals surface area contributed by atoms with Crippen LogP contribution in [0.1, 0.15) is 17.3 Å². The molecule has 0 saturated heterocycles. The number of aromatic nitrogens is 1. The fraction of sp³-hybridized carbons (Fsp3) is 0.222. The number of rotatable bonds is 6. The van der Waals surface area contributed by atoms with Crippen LogP contribution in [0, 0.1) is 0 Å². The highest BCUT2D eigenvalue weighted by Crippen LogP contribution is 2.22. The van der Waals surface area contributed by atoms with Crippen LogP contribution in [0.5, 0.6) is 0 Å². The molecule has 0 aliphatic rings. The summed E-state index contributed by atoms with van der Waals surface area (Å²) >= 11 is 4.59. The van der Waals surface area contributed by atoms with Crippen LogP contribution in [0.2, 0.25) is 0 Å². The Balaban J connectivity index is 2.14. The number of ether oxygens (including phenoxy) is 1. The maximum Gasteiger partial charge on any atom is 0.280 e. The Bertz CT molecular complexity index is 1200. The quantitative estimate of drug-likeness (QED) is 0.544. The molecule has 1 amide bonds. The van der Waals surface area contributed by atoms with Gasteiger partial charge >= 0.3 is 0 Å². The molecule has 2 N–H and O–H groups in total. The summed E-state index contributed by atoms with van der Waals surface area (Å²) in [6, 6.07) is 11.6. The molecule has 0 radical (unpaired) electrons. The molecule has 3 aromatic rings. The van der Waals surface area contributed by atoms with Gasteiger partial charge in [0.25, 0.3) is 5.91 Å². The number of carbonyl (C=O) groups excluding carboxylic acids is 1. The Morgan fingerprint density at radius 3 is 2.71 bits per heavy atom. The van der Waals surface area contributed by atoms with Crippen LogP contribution >= 0.6 is 27.3 Å². The molecule has 28 heavy (non-hydrogen) atoms. The number of hydrogen-bond acceptors (Lipinski definition) is 5. The molecule has 7 nitrogen and oxygen atoms in total. The molecule has 0 unspecified atom stereocenters. The molecule has 1 heterocycles. The van der Waals surface area contributed by atoms with Crippen LogP contribution in [-0.4, -0.2) is 32.1 Å². The van der Waals surface area contributed by atoms with Crippen molar-refractivity contribution in [1.29, 1.82) is 0 Å². The van der Waals surface area contributed by atoms with Gasteiger partial charge in [-0.3, -0.25) is 4.79 Å². The molecule has 10 heteroatoms. The van der Waals surface area contributed by atoms with Crippen molar-refractivity contribution in [2.24, 2.45) is 10.1 Å². The van der Waals surface area contributed by atoms with Crippen molar-refractivity contribution in [2.45, 2.75) is 18.4 Å². The van der Waals surface area contributed by atoms with Gasteiger partial charge < -0.3 is 9.30 Å². The first-order valence-corrected chi connectivity index (χ1v) is 11.5. The topological polar surface area (TPSA) is 104 Å². The summed E-state index contributed by atoms with van der Waals surface area (Å²) in [5.41, 5.74) is 1.21. The zero-order valence-electron chi connectivity index (χ0n) is 15.0. The average Bonchev–Trinajstić information content (AvgIpc) is 2.98. The number of fused-ring (bicyclic) bond motifs is 1. The number of primary sulfonamides is 1. The second kappa shape index (κ2) is 8.66. The molecule has 0 fully saturated rings. The lowest BCUT2D eigenvalue weighted by molar-refractivity contribution is 0.0996. The van der Waals surface area contributed by atoms with E-state index in [1.54, 1.807) is 24.3 Å². The summed E-state index contributed by atoms with van der Waals surface area (Å²) in [6.07, 6.45) is 0. The number of nitrogens with zero attached hydrogens (tertiary/aromatic N) is 2. The van der Waals surface area contributed by atoms with Gasteiger partial charge in [-0.15, -0.1) is 0 Å². The standard InChI is InChI=1S/C18H18BrN3O4S2/c1-2-26-10-9-22-15-8-7-12(28(20,24)25)11-16(15)27-18(22)21-17(23)13-5-3-4-6-14(13)19/h3-8,11H,2,9-10H2,1H3,(H2,20,24,25). The fourth-order valence-corrected chi connectivity index (χ4v) is 4.78. The van der Waals surface area contributed by atoms with Crippen molar-refractivity contribution >= 4 is 53.4 Å². The molecule has 2 aromatic carbocycles. The normalized spacial score (nSPS) is 12.6. The van der Waals surface area contributed by atoms with E-state index in [4.69, 9.17) is 9.88 Å². The molecule has 0 aliphatic heterocycles. The predicted octanol–water partition coefficient (Wildman–Crippen LogP) is 2.89. The molecular formula is C18H18BrN3O4S2. The Kier molecular flexibility index (Phi) is 6.46. The SMILES string of the molecule is CCOCCn1c(=NC(=O)c2ccccc2Br)sc2cc(S(N)(=O)=O)ccc21. The first kappa shape index (κ1) is 20.9. The predicted molar refractivity (Wildman–Crippen MR) is 112 cm³/mol. The van der Waals surface area contributed by atoms with E-state index in [1.165, 1.54) is 23.5 Å². The van der Waals surface area contributed by atoms with E-state index in [0.29, 0.717) is 39.3 Å². The lowest BCUT2D eigenvalue weighted by atomic mass is 10.2. The molecule has 0 saturated carbocycles. The van der Waals surface area contributed by atoms with Crippen LogP contribution in [0.4, 0.5) is 0 Å². The van der Waals surface area contributed by atoms with E-state index in [2.05, 4.69) is 20.9 Å². The number of nitrogens with two attached hydrogens (primary N) is 1. The van der Waals surface area contributed by atoms with Crippen molar-refractivity contribution in [3.05, 3.63) is 57.3 Å². The van der Waals surface area contributed by atoms with Gasteiger partial charge in [-0.1, -0.05) is 23.5 Å². The third-order valence-corrected chi connectivity index (χ3v) is 6.59. The van der Waals surface area contributed by atoms with E-state index in [9.17, 15) is 13.2 Å². The van der Waals surface area contributed by atoms with E-state index < -0.39 is 15.9 Å². The molecule has 0 bridgehead atoms. The molecule has 0 aliphatic carbocycles. The van der Waals surface area contributed by atoms with E-state index in [-0.39, 0.29) is 4.90 Å². The van der Waals surface area contributed by atoms with E-state index in [1.807, 2.05) is 17.6 Å². The van der Waals surface area contributed by atoms with Crippen molar-refractivity contribution < 1.29 is 17.9 Å². The van der Waals surface area contributed by atoms with Gasteiger partial charge in [0.2, 0.25) is 10.0 Å². The Hall–Kier alpha value is -1.85. The Morgan fingerprint density at radius 2 is 2.04 bits per heavy atom. The summed E-state index contributed by atoms with van der Waals surface area (Å²) in [6.45, 7) is 3.39. The van der Waals surface area contributed by atoms with Gasteiger partial charge in [0, 0.05) is 17.6 Å². The summed E-state index contributed by atoms with van der Waals surface area (Å²) in [7, 11) is -3.82. The second-order valence-corrected chi connectivity index (χ2v) is 9.23. The fourth-order valence-electron chi connectivity index (χ4n) is 2.61. The maximum atomic E-state index is 12.7. The van der Waals surface area contributed by atoms with Gasteiger partial charge in [0.1, 0.15) is 0 Å². The lowest BCUT2D eigenvalue weighted by Gasteiger charge is -2.06. The third kappa shape index (κ3) is 4.58. The minimum absolute atomic E-state index is 0.0156. The van der Waals surface area contributed by atoms with Gasteiger partial charge in [-0.05, 0) is 53.2 Å².